The summed E-state index contributed by atoms with van der Waals surface area (Å²) in [6, 6.07) is 3.75. The lowest BCUT2D eigenvalue weighted by Crippen LogP contribution is -2.32. The molecule has 1 fully saturated rings. The van der Waals surface area contributed by atoms with Crippen LogP contribution in [0.4, 0.5) is 10.1 Å². The summed E-state index contributed by atoms with van der Waals surface area (Å²) in [7, 11) is 0. The zero-order valence-corrected chi connectivity index (χ0v) is 10.7. The Balaban J connectivity index is 1.96. The number of nitrogens with one attached hydrogen (secondary N) is 1. The van der Waals surface area contributed by atoms with Crippen LogP contribution in [0.3, 0.4) is 0 Å². The van der Waals surface area contributed by atoms with Crippen molar-refractivity contribution in [3.05, 3.63) is 29.6 Å². The maximum absolute atomic E-state index is 13.1. The highest BCUT2D eigenvalue weighted by molar-refractivity contribution is 5.99. The number of aliphatic hydroxyl groups excluding tert-OH is 1. The molecule has 0 heterocycles. The van der Waals surface area contributed by atoms with Gasteiger partial charge in [0.15, 0.2) is 0 Å². The van der Waals surface area contributed by atoms with Gasteiger partial charge in [-0.1, -0.05) is 6.42 Å². The molecule has 1 aromatic carbocycles. The summed E-state index contributed by atoms with van der Waals surface area (Å²) >= 11 is 0. The third-order valence-electron chi connectivity index (χ3n) is 3.84. The quantitative estimate of drug-likeness (QED) is 0.724. The molecule has 2 atom stereocenters. The van der Waals surface area contributed by atoms with Crippen LogP contribution in [0.2, 0.25) is 0 Å². The highest BCUT2D eigenvalue weighted by atomic mass is 19.1. The fourth-order valence-corrected chi connectivity index (χ4v) is 2.67. The first-order valence-electron chi connectivity index (χ1n) is 6.56. The second kappa shape index (κ2) is 6.02. The minimum absolute atomic E-state index is 0.155. The number of carbonyl (C=O) groups is 1. The van der Waals surface area contributed by atoms with Crippen molar-refractivity contribution in [2.75, 3.05) is 18.9 Å². The summed E-state index contributed by atoms with van der Waals surface area (Å²) in [5.41, 5.74) is 6.09. The number of hydrogen-bond donors (Lipinski definition) is 3. The lowest BCUT2D eigenvalue weighted by Gasteiger charge is -2.18. The number of aliphatic hydroxyl groups is 1. The van der Waals surface area contributed by atoms with E-state index in [1.807, 2.05) is 0 Å². The molecule has 1 aromatic rings. The second-order valence-corrected chi connectivity index (χ2v) is 5.08. The van der Waals surface area contributed by atoms with Gasteiger partial charge in [0.2, 0.25) is 0 Å². The summed E-state index contributed by atoms with van der Waals surface area (Å²) < 4.78 is 13.1. The highest BCUT2D eigenvalue weighted by Gasteiger charge is 2.27. The fraction of sp³-hybridized carbons (Fsp3) is 0.500. The predicted molar refractivity (Wildman–Crippen MR) is 71.1 cm³/mol. The third kappa shape index (κ3) is 3.23. The molecule has 1 aliphatic carbocycles. The molecule has 2 rings (SSSR count). The molecule has 1 amide bonds. The number of benzene rings is 1. The summed E-state index contributed by atoms with van der Waals surface area (Å²) in [6.45, 7) is 0.655. The van der Waals surface area contributed by atoms with Crippen molar-refractivity contribution in [3.8, 4) is 0 Å². The van der Waals surface area contributed by atoms with Crippen LogP contribution in [0.25, 0.3) is 0 Å². The molecule has 0 spiro atoms. The van der Waals surface area contributed by atoms with Gasteiger partial charge in [0.1, 0.15) is 5.82 Å². The molecule has 4 nitrogen and oxygen atoms in total. The first-order chi connectivity index (χ1) is 9.11. The number of nitrogens with two attached hydrogens (primary N) is 1. The Hall–Kier alpha value is -1.62. The Morgan fingerprint density at radius 1 is 1.42 bits per heavy atom. The van der Waals surface area contributed by atoms with Gasteiger partial charge in [0.25, 0.3) is 5.91 Å². The molecule has 0 saturated heterocycles. The number of carbonyl (C=O) groups excluding carboxylic acids is 1. The summed E-state index contributed by atoms with van der Waals surface area (Å²) in [5, 5.41) is 12.0. The Kier molecular flexibility index (Phi) is 4.37. The SMILES string of the molecule is Nc1ccc(F)cc1C(=O)NCC1CCCC1CO. The van der Waals surface area contributed by atoms with E-state index >= 15 is 0 Å². The lowest BCUT2D eigenvalue weighted by atomic mass is 9.97. The van der Waals surface area contributed by atoms with Crippen LogP contribution >= 0.6 is 0 Å². The minimum atomic E-state index is -0.478. The topological polar surface area (TPSA) is 75.4 Å². The Bertz CT molecular complexity index is 465. The van der Waals surface area contributed by atoms with Crippen molar-refractivity contribution in [2.45, 2.75) is 19.3 Å². The second-order valence-electron chi connectivity index (χ2n) is 5.08. The van der Waals surface area contributed by atoms with Gasteiger partial charge in [-0.05, 0) is 42.9 Å². The van der Waals surface area contributed by atoms with Crippen LogP contribution in [-0.2, 0) is 0 Å². The average molecular weight is 266 g/mol. The van der Waals surface area contributed by atoms with Crippen molar-refractivity contribution < 1.29 is 14.3 Å². The van der Waals surface area contributed by atoms with Gasteiger partial charge < -0.3 is 16.2 Å². The van der Waals surface area contributed by atoms with Crippen LogP contribution in [0, 0.1) is 17.7 Å². The number of halogens is 1. The van der Waals surface area contributed by atoms with E-state index in [4.69, 9.17) is 5.73 Å². The maximum atomic E-state index is 13.1. The summed E-state index contributed by atoms with van der Waals surface area (Å²) in [6.07, 6.45) is 3.08. The Morgan fingerprint density at radius 3 is 2.89 bits per heavy atom. The third-order valence-corrected chi connectivity index (χ3v) is 3.84. The zero-order valence-electron chi connectivity index (χ0n) is 10.7. The van der Waals surface area contributed by atoms with Crippen molar-refractivity contribution in [2.24, 2.45) is 11.8 Å². The number of anilines is 1. The van der Waals surface area contributed by atoms with E-state index < -0.39 is 5.82 Å². The van der Waals surface area contributed by atoms with E-state index in [0.717, 1.165) is 25.3 Å². The number of amides is 1. The fourth-order valence-electron chi connectivity index (χ4n) is 2.67. The first-order valence-corrected chi connectivity index (χ1v) is 6.56. The molecule has 19 heavy (non-hydrogen) atoms. The van der Waals surface area contributed by atoms with Gasteiger partial charge in [-0.25, -0.2) is 4.39 Å². The molecule has 4 N–H and O–H groups in total. The van der Waals surface area contributed by atoms with Crippen molar-refractivity contribution in [1.82, 2.24) is 5.32 Å². The van der Waals surface area contributed by atoms with Gasteiger partial charge in [0.05, 0.1) is 5.56 Å². The Morgan fingerprint density at radius 2 is 2.16 bits per heavy atom. The normalized spacial score (nSPS) is 22.4. The van der Waals surface area contributed by atoms with E-state index in [1.54, 1.807) is 0 Å². The minimum Gasteiger partial charge on any atom is -0.398 e. The molecule has 0 bridgehead atoms. The highest BCUT2D eigenvalue weighted by Crippen LogP contribution is 2.30. The molecule has 104 valence electrons. The smallest absolute Gasteiger partial charge is 0.253 e. The van der Waals surface area contributed by atoms with Gasteiger partial charge in [0, 0.05) is 18.8 Å². The molecule has 0 aliphatic heterocycles. The van der Waals surface area contributed by atoms with Crippen LogP contribution in [0.15, 0.2) is 18.2 Å². The van der Waals surface area contributed by atoms with Gasteiger partial charge >= 0.3 is 0 Å². The number of hydrogen-bond acceptors (Lipinski definition) is 3. The summed E-state index contributed by atoms with van der Waals surface area (Å²) in [4.78, 5) is 11.9. The Labute approximate surface area is 111 Å². The van der Waals surface area contributed by atoms with Crippen LogP contribution < -0.4 is 11.1 Å². The van der Waals surface area contributed by atoms with Gasteiger partial charge in [-0.3, -0.25) is 4.79 Å². The van der Waals surface area contributed by atoms with E-state index in [-0.39, 0.29) is 29.7 Å². The van der Waals surface area contributed by atoms with Gasteiger partial charge in [-0.2, -0.15) is 0 Å². The van der Waals surface area contributed by atoms with E-state index in [1.165, 1.54) is 12.1 Å². The molecule has 2 unspecified atom stereocenters. The van der Waals surface area contributed by atoms with Crippen LogP contribution in [-0.4, -0.2) is 24.2 Å². The van der Waals surface area contributed by atoms with Crippen molar-refractivity contribution in [3.63, 3.8) is 0 Å². The van der Waals surface area contributed by atoms with Crippen LogP contribution in [0.1, 0.15) is 29.6 Å². The number of nitrogen functional groups attached to an aromatic ring is 1. The molecule has 1 aliphatic rings. The molecule has 5 heteroatoms. The maximum Gasteiger partial charge on any atom is 0.253 e. The molecule has 1 saturated carbocycles. The molecule has 0 radical (unpaired) electrons. The van der Waals surface area contributed by atoms with Crippen LogP contribution in [0.5, 0.6) is 0 Å². The largest absolute Gasteiger partial charge is 0.398 e. The molecular weight excluding hydrogens is 247 g/mol. The summed E-state index contributed by atoms with van der Waals surface area (Å²) in [5.74, 6) is -0.289. The first kappa shape index (κ1) is 13.8. The van der Waals surface area contributed by atoms with E-state index in [0.29, 0.717) is 12.5 Å². The monoisotopic (exact) mass is 266 g/mol. The predicted octanol–water partition coefficient (Wildman–Crippen LogP) is 1.55. The van der Waals surface area contributed by atoms with Gasteiger partial charge in [-0.15, -0.1) is 0 Å². The standard InChI is InChI=1S/C14H19FN2O2/c15-11-4-5-13(16)12(6-11)14(19)17-7-9-2-1-3-10(9)8-18/h4-6,9-10,18H,1-3,7-8,16H2,(H,17,19). The van der Waals surface area contributed by atoms with E-state index in [9.17, 15) is 14.3 Å². The van der Waals surface area contributed by atoms with Crippen molar-refractivity contribution in [1.29, 1.82) is 0 Å². The average Bonchev–Trinajstić information content (AvgIpc) is 2.86. The molecule has 0 aromatic heterocycles. The molecular formula is C14H19FN2O2. The number of rotatable bonds is 4. The van der Waals surface area contributed by atoms with E-state index in [2.05, 4.69) is 5.32 Å². The lowest BCUT2D eigenvalue weighted by molar-refractivity contribution is 0.0938. The van der Waals surface area contributed by atoms with Crippen molar-refractivity contribution >= 4 is 11.6 Å². The zero-order chi connectivity index (χ0) is 13.8.